The maximum absolute atomic E-state index is 12.8. The van der Waals surface area contributed by atoms with Gasteiger partial charge in [0.15, 0.2) is 6.61 Å². The molecule has 0 spiro atoms. The first-order valence-electron chi connectivity index (χ1n) is 7.63. The number of carbonyl (C=O) groups excluding carboxylic acids is 1. The fraction of sp³-hybridized carbons (Fsp3) is 0.222. The first-order chi connectivity index (χ1) is 12.1. The minimum absolute atomic E-state index is 0.237. The van der Waals surface area contributed by atoms with Gasteiger partial charge in [-0.05, 0) is 49.4 Å². The summed E-state index contributed by atoms with van der Waals surface area (Å²) in [6.07, 6.45) is 1.46. The second kappa shape index (κ2) is 9.27. The van der Waals surface area contributed by atoms with E-state index in [1.165, 1.54) is 30.5 Å². The van der Waals surface area contributed by atoms with Crippen LogP contribution < -0.4 is 19.6 Å². The summed E-state index contributed by atoms with van der Waals surface area (Å²) < 4.78 is 28.7. The number of hydrazone groups is 1. The minimum Gasteiger partial charge on any atom is -0.497 e. The third kappa shape index (κ3) is 5.80. The molecular formula is C18H19FN2O4. The maximum Gasteiger partial charge on any atom is 0.277 e. The summed E-state index contributed by atoms with van der Waals surface area (Å²) in [7, 11) is 1.56. The molecular weight excluding hydrogens is 327 g/mol. The van der Waals surface area contributed by atoms with Crippen LogP contribution in [0.2, 0.25) is 0 Å². The van der Waals surface area contributed by atoms with E-state index in [1.807, 2.05) is 6.92 Å². The number of methoxy groups -OCH3 is 1. The van der Waals surface area contributed by atoms with Gasteiger partial charge in [-0.25, -0.2) is 9.82 Å². The molecule has 6 nitrogen and oxygen atoms in total. The van der Waals surface area contributed by atoms with Crippen molar-refractivity contribution < 1.29 is 23.4 Å². The number of nitrogens with one attached hydrogen (secondary N) is 1. The number of hydrogen-bond acceptors (Lipinski definition) is 5. The number of halogens is 1. The smallest absolute Gasteiger partial charge is 0.277 e. The predicted molar refractivity (Wildman–Crippen MR) is 91.8 cm³/mol. The zero-order valence-corrected chi connectivity index (χ0v) is 14.0. The second-order valence-corrected chi connectivity index (χ2v) is 4.87. The molecule has 0 radical (unpaired) electrons. The van der Waals surface area contributed by atoms with Crippen molar-refractivity contribution in [3.05, 3.63) is 53.8 Å². The highest BCUT2D eigenvalue weighted by Gasteiger charge is 2.05. The Labute approximate surface area is 145 Å². The molecule has 0 atom stereocenters. The van der Waals surface area contributed by atoms with Crippen LogP contribution in [0, 0.1) is 5.82 Å². The Hall–Kier alpha value is -3.09. The van der Waals surface area contributed by atoms with Gasteiger partial charge in [-0.2, -0.15) is 5.10 Å². The monoisotopic (exact) mass is 346 g/mol. The molecule has 132 valence electrons. The van der Waals surface area contributed by atoms with E-state index in [-0.39, 0.29) is 12.4 Å². The van der Waals surface area contributed by atoms with Gasteiger partial charge in [0.05, 0.1) is 19.9 Å². The average Bonchev–Trinajstić information content (AvgIpc) is 2.62. The van der Waals surface area contributed by atoms with Gasteiger partial charge < -0.3 is 14.2 Å². The van der Waals surface area contributed by atoms with Crippen LogP contribution in [-0.4, -0.2) is 32.4 Å². The van der Waals surface area contributed by atoms with Crippen LogP contribution in [0.5, 0.6) is 17.2 Å². The molecule has 0 aromatic heterocycles. The van der Waals surface area contributed by atoms with E-state index < -0.39 is 5.91 Å². The Kier molecular flexibility index (Phi) is 6.76. The van der Waals surface area contributed by atoms with Crippen LogP contribution in [-0.2, 0) is 4.79 Å². The van der Waals surface area contributed by atoms with Gasteiger partial charge in [-0.1, -0.05) is 0 Å². The van der Waals surface area contributed by atoms with E-state index in [4.69, 9.17) is 14.2 Å². The quantitative estimate of drug-likeness (QED) is 0.589. The Balaban J connectivity index is 1.91. The van der Waals surface area contributed by atoms with Crippen molar-refractivity contribution in [3.63, 3.8) is 0 Å². The van der Waals surface area contributed by atoms with Crippen LogP contribution in [0.1, 0.15) is 12.5 Å². The highest BCUT2D eigenvalue weighted by molar-refractivity contribution is 5.86. The lowest BCUT2D eigenvalue weighted by molar-refractivity contribution is -0.123. The average molecular weight is 346 g/mol. The zero-order chi connectivity index (χ0) is 18.1. The Morgan fingerprint density at radius 2 is 1.88 bits per heavy atom. The summed E-state index contributed by atoms with van der Waals surface area (Å²) >= 11 is 0. The molecule has 0 fully saturated rings. The fourth-order valence-corrected chi connectivity index (χ4v) is 1.93. The molecule has 2 aromatic rings. The molecule has 0 aliphatic rings. The van der Waals surface area contributed by atoms with Gasteiger partial charge in [0.1, 0.15) is 23.1 Å². The van der Waals surface area contributed by atoms with E-state index in [1.54, 1.807) is 25.3 Å². The molecule has 0 bridgehead atoms. The molecule has 0 saturated heterocycles. The molecule has 0 aliphatic carbocycles. The van der Waals surface area contributed by atoms with Crippen LogP contribution in [0.25, 0.3) is 0 Å². The van der Waals surface area contributed by atoms with Crippen molar-refractivity contribution in [1.82, 2.24) is 5.43 Å². The van der Waals surface area contributed by atoms with Crippen LogP contribution in [0.15, 0.2) is 47.6 Å². The minimum atomic E-state index is -0.443. The first-order valence-corrected chi connectivity index (χ1v) is 7.63. The Bertz CT molecular complexity index is 732. The number of rotatable bonds is 8. The molecule has 0 unspecified atom stereocenters. The van der Waals surface area contributed by atoms with Crippen molar-refractivity contribution in [2.75, 3.05) is 20.3 Å². The lowest BCUT2D eigenvalue weighted by atomic mass is 10.2. The predicted octanol–water partition coefficient (Wildman–Crippen LogP) is 2.76. The largest absolute Gasteiger partial charge is 0.497 e. The highest BCUT2D eigenvalue weighted by Crippen LogP contribution is 2.22. The number of ether oxygens (including phenoxy) is 3. The third-order valence-corrected chi connectivity index (χ3v) is 3.09. The lowest BCUT2D eigenvalue weighted by Crippen LogP contribution is -2.24. The molecule has 7 heteroatoms. The topological polar surface area (TPSA) is 69.2 Å². The van der Waals surface area contributed by atoms with E-state index in [0.29, 0.717) is 29.4 Å². The summed E-state index contributed by atoms with van der Waals surface area (Å²) in [4.78, 5) is 11.7. The maximum atomic E-state index is 12.8. The van der Waals surface area contributed by atoms with Gasteiger partial charge in [-0.3, -0.25) is 4.79 Å². The SMILES string of the molecule is CCOc1ccc(OC)cc1/C=N/NC(=O)COc1ccc(F)cc1. The fourth-order valence-electron chi connectivity index (χ4n) is 1.93. The zero-order valence-electron chi connectivity index (χ0n) is 14.0. The molecule has 1 amide bonds. The number of carbonyl (C=O) groups is 1. The van der Waals surface area contributed by atoms with Crippen LogP contribution in [0.3, 0.4) is 0 Å². The molecule has 0 heterocycles. The number of hydrogen-bond donors (Lipinski definition) is 1. The van der Waals surface area contributed by atoms with E-state index in [2.05, 4.69) is 10.5 Å². The van der Waals surface area contributed by atoms with Crippen molar-refractivity contribution in [2.24, 2.45) is 5.10 Å². The normalized spacial score (nSPS) is 10.5. The van der Waals surface area contributed by atoms with Crippen LogP contribution in [0.4, 0.5) is 4.39 Å². The summed E-state index contributed by atoms with van der Waals surface area (Å²) in [5.41, 5.74) is 3.02. The molecule has 2 aromatic carbocycles. The van der Waals surface area contributed by atoms with Gasteiger partial charge in [-0.15, -0.1) is 0 Å². The molecule has 0 saturated carbocycles. The lowest BCUT2D eigenvalue weighted by Gasteiger charge is -2.08. The van der Waals surface area contributed by atoms with Crippen molar-refractivity contribution in [1.29, 1.82) is 0 Å². The number of nitrogens with zero attached hydrogens (tertiary/aromatic N) is 1. The summed E-state index contributed by atoms with van der Waals surface area (Å²) in [6.45, 7) is 2.14. The van der Waals surface area contributed by atoms with E-state index >= 15 is 0 Å². The Morgan fingerprint density at radius 1 is 1.16 bits per heavy atom. The van der Waals surface area contributed by atoms with Gasteiger partial charge in [0.25, 0.3) is 5.91 Å². The van der Waals surface area contributed by atoms with E-state index in [0.717, 1.165) is 0 Å². The van der Waals surface area contributed by atoms with Gasteiger partial charge >= 0.3 is 0 Å². The van der Waals surface area contributed by atoms with Crippen molar-refractivity contribution >= 4 is 12.1 Å². The molecule has 2 rings (SSSR count). The summed E-state index contributed by atoms with van der Waals surface area (Å²) in [5.74, 6) is 0.859. The number of amides is 1. The standard InChI is InChI=1S/C18H19FN2O4/c1-3-24-17-9-8-16(23-2)10-13(17)11-20-21-18(22)12-25-15-6-4-14(19)5-7-15/h4-11H,3,12H2,1-2H3,(H,21,22)/b20-11+. The van der Waals surface area contributed by atoms with Crippen molar-refractivity contribution in [3.8, 4) is 17.2 Å². The third-order valence-electron chi connectivity index (χ3n) is 3.09. The molecule has 0 aliphatic heterocycles. The van der Waals surface area contributed by atoms with E-state index in [9.17, 15) is 9.18 Å². The second-order valence-electron chi connectivity index (χ2n) is 4.87. The first kappa shape index (κ1) is 18.3. The Morgan fingerprint density at radius 3 is 2.56 bits per heavy atom. The molecule has 1 N–H and O–H groups in total. The summed E-state index contributed by atoms with van der Waals surface area (Å²) in [6, 6.07) is 10.7. The van der Waals surface area contributed by atoms with Gasteiger partial charge in [0, 0.05) is 5.56 Å². The van der Waals surface area contributed by atoms with Gasteiger partial charge in [0.2, 0.25) is 0 Å². The molecule has 25 heavy (non-hydrogen) atoms. The number of benzene rings is 2. The highest BCUT2D eigenvalue weighted by atomic mass is 19.1. The van der Waals surface area contributed by atoms with Crippen molar-refractivity contribution in [2.45, 2.75) is 6.92 Å². The summed E-state index contributed by atoms with van der Waals surface area (Å²) in [5, 5.41) is 3.89. The van der Waals surface area contributed by atoms with Crippen LogP contribution >= 0.6 is 0 Å².